The molecule has 7 nitrogen and oxygen atoms in total. The number of thioether (sulfide) groups is 1. The maximum atomic E-state index is 12.7. The van der Waals surface area contributed by atoms with Crippen molar-refractivity contribution in [3.05, 3.63) is 59.0 Å². The Morgan fingerprint density at radius 3 is 2.86 bits per heavy atom. The molecular weight excluding hydrogens is 376 g/mol. The molecule has 8 heteroatoms. The van der Waals surface area contributed by atoms with Gasteiger partial charge in [-0.05, 0) is 29.5 Å². The Hall–Kier alpha value is -2.87. The molecule has 0 fully saturated rings. The lowest BCUT2D eigenvalue weighted by Crippen LogP contribution is -2.28. The van der Waals surface area contributed by atoms with Gasteiger partial charge in [0.25, 0.3) is 0 Å². The fraction of sp³-hybridized carbons (Fsp3) is 0.300. The average Bonchev–Trinajstić information content (AvgIpc) is 2.67. The number of nitrogens with two attached hydrogens (primary N) is 1. The Labute approximate surface area is 167 Å². The first-order valence-corrected chi connectivity index (χ1v) is 9.70. The molecule has 0 saturated carbocycles. The second-order valence-electron chi connectivity index (χ2n) is 6.90. The van der Waals surface area contributed by atoms with E-state index >= 15 is 0 Å². The third-order valence-electron chi connectivity index (χ3n) is 4.60. The summed E-state index contributed by atoms with van der Waals surface area (Å²) in [4.78, 5) is 26.9. The first kappa shape index (κ1) is 18.5. The van der Waals surface area contributed by atoms with E-state index in [0.717, 1.165) is 16.2 Å². The van der Waals surface area contributed by atoms with Crippen molar-refractivity contribution in [2.75, 3.05) is 13.2 Å². The monoisotopic (exact) mass is 396 g/mol. The zero-order valence-corrected chi connectivity index (χ0v) is 16.3. The van der Waals surface area contributed by atoms with E-state index in [1.165, 1.54) is 18.0 Å². The minimum absolute atomic E-state index is 0.106. The number of aliphatic imine (C=N–C) groups is 1. The maximum absolute atomic E-state index is 12.7. The molecule has 0 spiro atoms. The van der Waals surface area contributed by atoms with Crippen molar-refractivity contribution in [1.82, 2.24) is 9.97 Å². The van der Waals surface area contributed by atoms with Crippen molar-refractivity contribution in [3.63, 3.8) is 0 Å². The Bertz CT molecular complexity index is 991. The van der Waals surface area contributed by atoms with Gasteiger partial charge in [0.05, 0.1) is 11.9 Å². The highest BCUT2D eigenvalue weighted by Gasteiger charge is 2.33. The van der Waals surface area contributed by atoms with Crippen LogP contribution in [0, 0.1) is 0 Å². The summed E-state index contributed by atoms with van der Waals surface area (Å²) in [6.07, 6.45) is 4.07. The summed E-state index contributed by atoms with van der Waals surface area (Å²) in [6, 6.07) is 5.35. The molecule has 2 N–H and O–H groups in total. The number of nitrogens with zero attached hydrogens (tertiary/aromatic N) is 3. The Balaban J connectivity index is 1.56. The number of amidine groups is 1. The van der Waals surface area contributed by atoms with Gasteiger partial charge in [0.1, 0.15) is 24.4 Å². The highest BCUT2D eigenvalue weighted by Crippen LogP contribution is 2.39. The SMILES string of the molecule is C=C1C[C@@](C)(c2cc(CC(=O)c3cc4c(cn3)OCCO4)ccn2)N=C(N)S1. The van der Waals surface area contributed by atoms with E-state index in [1.54, 1.807) is 12.3 Å². The Morgan fingerprint density at radius 1 is 1.29 bits per heavy atom. The summed E-state index contributed by atoms with van der Waals surface area (Å²) < 4.78 is 11.0. The molecule has 144 valence electrons. The van der Waals surface area contributed by atoms with Crippen LogP contribution in [0.4, 0.5) is 0 Å². The van der Waals surface area contributed by atoms with Crippen molar-refractivity contribution >= 4 is 22.7 Å². The number of ether oxygens (including phenoxy) is 2. The molecule has 2 aromatic heterocycles. The van der Waals surface area contributed by atoms with Gasteiger partial charge in [-0.3, -0.25) is 9.78 Å². The van der Waals surface area contributed by atoms with Gasteiger partial charge in [0.15, 0.2) is 22.4 Å². The van der Waals surface area contributed by atoms with Gasteiger partial charge in [-0.15, -0.1) is 0 Å². The van der Waals surface area contributed by atoms with Crippen LogP contribution in [0.15, 0.2) is 47.1 Å². The zero-order valence-electron chi connectivity index (χ0n) is 15.5. The number of pyridine rings is 2. The topological polar surface area (TPSA) is 99.7 Å². The molecule has 0 saturated heterocycles. The standard InChI is InChI=1S/C20H20N4O3S/c1-12-10-20(2,24-19(21)28-12)18-8-13(3-4-22-18)7-15(25)14-9-16-17(11-23-14)27-6-5-26-16/h3-4,8-9,11H,1,5-7,10H2,2H3,(H2,21,24)/t20-/m0/s1. The van der Waals surface area contributed by atoms with Crippen LogP contribution in [-0.4, -0.2) is 34.1 Å². The molecular formula is C20H20N4O3S. The highest BCUT2D eigenvalue weighted by molar-refractivity contribution is 8.17. The maximum Gasteiger partial charge on any atom is 0.185 e. The average molecular weight is 396 g/mol. The third kappa shape index (κ3) is 3.73. The first-order valence-electron chi connectivity index (χ1n) is 8.88. The molecule has 0 unspecified atom stereocenters. The first-order chi connectivity index (χ1) is 13.4. The Kier molecular flexibility index (Phi) is 4.80. The van der Waals surface area contributed by atoms with E-state index in [0.29, 0.717) is 42.0 Å². The third-order valence-corrected chi connectivity index (χ3v) is 5.34. The summed E-state index contributed by atoms with van der Waals surface area (Å²) in [6.45, 7) is 6.94. The number of Topliss-reactive ketones (excluding diaryl/α,β-unsaturated/α-hetero) is 1. The molecule has 0 radical (unpaired) electrons. The van der Waals surface area contributed by atoms with Crippen LogP contribution in [0.1, 0.15) is 35.1 Å². The zero-order chi connectivity index (χ0) is 19.7. The van der Waals surface area contributed by atoms with Crippen molar-refractivity contribution in [3.8, 4) is 11.5 Å². The van der Waals surface area contributed by atoms with Crippen molar-refractivity contribution < 1.29 is 14.3 Å². The smallest absolute Gasteiger partial charge is 0.185 e. The van der Waals surface area contributed by atoms with Crippen molar-refractivity contribution in [1.29, 1.82) is 0 Å². The number of carbonyl (C=O) groups excluding carboxylic acids is 1. The molecule has 1 atom stereocenters. The van der Waals surface area contributed by atoms with Crippen LogP contribution >= 0.6 is 11.8 Å². The van der Waals surface area contributed by atoms with Crippen LogP contribution in [0.25, 0.3) is 0 Å². The molecule has 2 aliphatic heterocycles. The number of hydrogen-bond acceptors (Lipinski definition) is 8. The van der Waals surface area contributed by atoms with Gasteiger partial charge in [-0.25, -0.2) is 9.98 Å². The van der Waals surface area contributed by atoms with Gasteiger partial charge >= 0.3 is 0 Å². The summed E-state index contributed by atoms with van der Waals surface area (Å²) in [7, 11) is 0. The lowest BCUT2D eigenvalue weighted by Gasteiger charge is -2.30. The molecule has 0 aliphatic carbocycles. The molecule has 2 aromatic rings. The van der Waals surface area contributed by atoms with E-state index in [2.05, 4.69) is 21.5 Å². The van der Waals surface area contributed by atoms with Crippen LogP contribution in [0.3, 0.4) is 0 Å². The molecule has 28 heavy (non-hydrogen) atoms. The molecule has 0 amide bonds. The van der Waals surface area contributed by atoms with Gasteiger partial charge < -0.3 is 15.2 Å². The van der Waals surface area contributed by atoms with Crippen LogP contribution < -0.4 is 15.2 Å². The largest absolute Gasteiger partial charge is 0.486 e. The minimum atomic E-state index is -0.583. The second kappa shape index (κ2) is 7.27. The van der Waals surface area contributed by atoms with E-state index in [9.17, 15) is 4.79 Å². The Morgan fingerprint density at radius 2 is 2.07 bits per heavy atom. The van der Waals surface area contributed by atoms with Crippen LogP contribution in [-0.2, 0) is 12.0 Å². The van der Waals surface area contributed by atoms with Crippen LogP contribution in [0.2, 0.25) is 0 Å². The second-order valence-corrected chi connectivity index (χ2v) is 8.10. The van der Waals surface area contributed by atoms with E-state index in [-0.39, 0.29) is 12.2 Å². The fourth-order valence-corrected chi connectivity index (χ4v) is 4.17. The normalized spacial score (nSPS) is 21.2. The molecule has 4 heterocycles. The molecule has 0 aromatic carbocycles. The summed E-state index contributed by atoms with van der Waals surface area (Å²) >= 11 is 1.38. The predicted octanol–water partition coefficient (Wildman–Crippen LogP) is 2.85. The van der Waals surface area contributed by atoms with Crippen LogP contribution in [0.5, 0.6) is 11.5 Å². The van der Waals surface area contributed by atoms with E-state index in [1.807, 2.05) is 19.1 Å². The van der Waals surface area contributed by atoms with E-state index < -0.39 is 5.54 Å². The quantitative estimate of drug-likeness (QED) is 0.793. The lowest BCUT2D eigenvalue weighted by molar-refractivity contribution is 0.0986. The number of hydrogen-bond donors (Lipinski definition) is 1. The van der Waals surface area contributed by atoms with Crippen molar-refractivity contribution in [2.45, 2.75) is 25.3 Å². The van der Waals surface area contributed by atoms with Crippen molar-refractivity contribution in [2.24, 2.45) is 10.7 Å². The summed E-state index contributed by atoms with van der Waals surface area (Å²) in [5.74, 6) is 1.01. The lowest BCUT2D eigenvalue weighted by atomic mass is 9.92. The molecule has 2 aliphatic rings. The minimum Gasteiger partial charge on any atom is -0.486 e. The number of carbonyl (C=O) groups is 1. The summed E-state index contributed by atoms with van der Waals surface area (Å²) in [5.41, 5.74) is 7.29. The highest BCUT2D eigenvalue weighted by atomic mass is 32.2. The number of rotatable bonds is 4. The number of aromatic nitrogens is 2. The van der Waals surface area contributed by atoms with Gasteiger partial charge in [-0.1, -0.05) is 18.3 Å². The summed E-state index contributed by atoms with van der Waals surface area (Å²) in [5, 5.41) is 0.475. The molecule has 4 rings (SSSR count). The number of fused-ring (bicyclic) bond motifs is 1. The van der Waals surface area contributed by atoms with Gasteiger partial charge in [0, 0.05) is 25.1 Å². The fourth-order valence-electron chi connectivity index (χ4n) is 3.28. The molecule has 0 bridgehead atoms. The van der Waals surface area contributed by atoms with E-state index in [4.69, 9.17) is 15.2 Å². The predicted molar refractivity (Wildman–Crippen MR) is 108 cm³/mol. The van der Waals surface area contributed by atoms with Gasteiger partial charge in [-0.2, -0.15) is 0 Å². The van der Waals surface area contributed by atoms with Gasteiger partial charge in [0.2, 0.25) is 0 Å². The number of ketones is 1.